The number of nitrogens with two attached hydrogens (primary N) is 1. The van der Waals surface area contributed by atoms with Gasteiger partial charge in [0.1, 0.15) is 32.5 Å². The third-order valence-corrected chi connectivity index (χ3v) is 10.2. The molecule has 6 rings (SSSR count). The van der Waals surface area contributed by atoms with Gasteiger partial charge in [-0.05, 0) is 77.4 Å². The van der Waals surface area contributed by atoms with Gasteiger partial charge in [-0.25, -0.2) is 4.79 Å². The first-order valence-corrected chi connectivity index (χ1v) is 19.1. The number of aromatic hydroxyl groups is 1. The van der Waals surface area contributed by atoms with Gasteiger partial charge in [0.15, 0.2) is 5.71 Å². The SMILES string of the molecule is Nc1c(N=Nc2ccc([N+](=O)[O-])cc2Cl)c(S(=O)(=O)O)cc2c1C(=O)C(=NN=C1C=CC(=C3C=CC(=NNc4ccc(O)c(C(=O)O)c4)C=C3)C=C1)C(S(=O)(=O)O)=C2. The van der Waals surface area contributed by atoms with Crippen LogP contribution in [-0.2, 0) is 20.2 Å². The average molecular weight is 847 g/mol. The number of phenols is 1. The first kappa shape index (κ1) is 40.4. The van der Waals surface area contributed by atoms with Crippen molar-refractivity contribution in [3.63, 3.8) is 0 Å². The number of carbonyl (C=O) groups is 2. The largest absolute Gasteiger partial charge is 0.507 e. The van der Waals surface area contributed by atoms with Crippen LogP contribution in [0.5, 0.6) is 5.75 Å². The number of halogens is 1. The fourth-order valence-corrected chi connectivity index (χ4v) is 6.88. The fourth-order valence-electron chi connectivity index (χ4n) is 5.34. The van der Waals surface area contributed by atoms with Crippen molar-refractivity contribution in [3.05, 3.63) is 139 Å². The lowest BCUT2D eigenvalue weighted by atomic mass is 9.92. The number of hydrogen-bond donors (Lipinski definition) is 6. The number of fused-ring (bicyclic) bond motifs is 1. The molecule has 3 aliphatic rings. The number of Topliss-reactive ketones (excluding diaryl/α,β-unsaturated/α-hetero) is 1. The third-order valence-electron chi connectivity index (χ3n) is 8.13. The highest BCUT2D eigenvalue weighted by atomic mass is 35.5. The standard InChI is InChI=1S/C35H23ClN8O12S2/c36-25-16-23(44(49)50)10-11-26(25)41-42-32-28(57(51,52)53)13-19-14-29(58(54,55)56)33(34(46)30(19)31(32)37)43-39-21-7-3-18(4-8-21)17-1-5-20(6-2-17)38-40-22-9-12-27(45)24(15-22)35(47)48/h1-16,40,45H,37H2,(H,47,48)(H,51,52,53)(H,54,55,56). The number of benzene rings is 3. The summed E-state index contributed by atoms with van der Waals surface area (Å²) < 4.78 is 69.6. The van der Waals surface area contributed by atoms with Gasteiger partial charge in [-0.15, -0.1) is 15.3 Å². The van der Waals surface area contributed by atoms with E-state index in [4.69, 9.17) is 17.3 Å². The first-order valence-electron chi connectivity index (χ1n) is 15.9. The lowest BCUT2D eigenvalue weighted by Crippen LogP contribution is -2.27. The number of hydrogen-bond acceptors (Lipinski definition) is 16. The predicted octanol–water partition coefficient (Wildman–Crippen LogP) is 6.14. The molecule has 7 N–H and O–H groups in total. The summed E-state index contributed by atoms with van der Waals surface area (Å²) in [6.07, 6.45) is 13.7. The third kappa shape index (κ3) is 8.59. The van der Waals surface area contributed by atoms with Gasteiger partial charge in [0.25, 0.3) is 25.9 Å². The smallest absolute Gasteiger partial charge is 0.339 e. The molecular formula is C35H23ClN8O12S2. The van der Waals surface area contributed by atoms with Crippen molar-refractivity contribution >= 4 is 95.2 Å². The summed E-state index contributed by atoms with van der Waals surface area (Å²) in [6, 6.07) is 7.63. The molecule has 0 aromatic heterocycles. The molecule has 58 heavy (non-hydrogen) atoms. The van der Waals surface area contributed by atoms with Gasteiger partial charge in [0, 0.05) is 12.1 Å². The van der Waals surface area contributed by atoms with E-state index in [1.54, 1.807) is 36.5 Å². The lowest BCUT2D eigenvalue weighted by Gasteiger charge is -2.19. The van der Waals surface area contributed by atoms with Gasteiger partial charge < -0.3 is 15.9 Å². The minimum absolute atomic E-state index is 0.124. The summed E-state index contributed by atoms with van der Waals surface area (Å²) in [4.78, 5) is 33.3. The van der Waals surface area contributed by atoms with Gasteiger partial charge in [-0.1, -0.05) is 35.9 Å². The van der Waals surface area contributed by atoms with Crippen molar-refractivity contribution in [2.75, 3.05) is 11.2 Å². The number of nitro groups is 1. The molecule has 0 heterocycles. The van der Waals surface area contributed by atoms with Crippen molar-refractivity contribution < 1.29 is 50.7 Å². The van der Waals surface area contributed by atoms with E-state index in [-0.39, 0.29) is 22.0 Å². The average Bonchev–Trinajstić information content (AvgIpc) is 3.16. The number of nitrogens with one attached hydrogen (secondary N) is 1. The Morgan fingerprint density at radius 1 is 0.845 bits per heavy atom. The number of nitro benzene ring substituents is 1. The molecule has 0 fully saturated rings. The molecule has 0 spiro atoms. The Morgan fingerprint density at radius 2 is 1.48 bits per heavy atom. The molecule has 0 bridgehead atoms. The number of allylic oxidation sites excluding steroid dienone is 11. The number of ketones is 1. The number of non-ortho nitro benzene ring substituents is 1. The van der Waals surface area contributed by atoms with Crippen LogP contribution < -0.4 is 11.2 Å². The highest BCUT2D eigenvalue weighted by Gasteiger charge is 2.37. The summed E-state index contributed by atoms with van der Waals surface area (Å²) in [5.41, 5.74) is 7.00. The van der Waals surface area contributed by atoms with E-state index in [1.165, 1.54) is 30.4 Å². The molecular weight excluding hydrogens is 824 g/mol. The number of nitrogens with zero attached hydrogens (tertiary/aromatic N) is 6. The van der Waals surface area contributed by atoms with Gasteiger partial charge in [0.2, 0.25) is 5.78 Å². The van der Waals surface area contributed by atoms with Crippen LogP contribution >= 0.6 is 11.6 Å². The van der Waals surface area contributed by atoms with E-state index < -0.39 is 86.4 Å². The molecule has 23 heteroatoms. The van der Waals surface area contributed by atoms with Crippen LogP contribution in [0.4, 0.5) is 28.4 Å². The first-order chi connectivity index (χ1) is 27.3. The van der Waals surface area contributed by atoms with Crippen LogP contribution in [0, 0.1) is 10.1 Å². The van der Waals surface area contributed by atoms with Crippen molar-refractivity contribution in [3.8, 4) is 5.75 Å². The van der Waals surface area contributed by atoms with Crippen LogP contribution in [0.2, 0.25) is 5.02 Å². The fraction of sp³-hybridized carbons (Fsp3) is 0. The Hall–Kier alpha value is -7.24. The van der Waals surface area contributed by atoms with Crippen LogP contribution in [0.15, 0.2) is 138 Å². The zero-order valence-corrected chi connectivity index (χ0v) is 31.1. The summed E-state index contributed by atoms with van der Waals surface area (Å²) in [7, 11) is -10.4. The summed E-state index contributed by atoms with van der Waals surface area (Å²) >= 11 is 6.05. The zero-order valence-electron chi connectivity index (χ0n) is 28.7. The summed E-state index contributed by atoms with van der Waals surface area (Å²) in [5, 5.41) is 49.1. The Bertz CT molecular complexity index is 2890. The topological polar surface area (TPSA) is 326 Å². The van der Waals surface area contributed by atoms with Gasteiger partial charge in [0.05, 0.1) is 38.3 Å². The molecule has 0 aliphatic heterocycles. The number of aromatic carboxylic acids is 1. The van der Waals surface area contributed by atoms with Crippen molar-refractivity contribution in [2.45, 2.75) is 4.90 Å². The van der Waals surface area contributed by atoms with Crippen LogP contribution in [0.25, 0.3) is 6.08 Å². The quantitative estimate of drug-likeness (QED) is 0.0352. The molecule has 0 radical (unpaired) electrons. The number of anilines is 2. The van der Waals surface area contributed by atoms with Crippen molar-refractivity contribution in [1.82, 2.24) is 0 Å². The molecule has 20 nitrogen and oxygen atoms in total. The normalized spacial score (nSPS) is 15.9. The number of azo groups is 1. The zero-order chi connectivity index (χ0) is 42.1. The number of carbonyl (C=O) groups excluding carboxylic acids is 1. The lowest BCUT2D eigenvalue weighted by molar-refractivity contribution is -0.384. The van der Waals surface area contributed by atoms with Crippen LogP contribution in [0.3, 0.4) is 0 Å². The molecule has 0 atom stereocenters. The second-order valence-electron chi connectivity index (χ2n) is 11.9. The molecule has 3 aromatic carbocycles. The van der Waals surface area contributed by atoms with Crippen molar-refractivity contribution in [1.29, 1.82) is 0 Å². The highest BCUT2D eigenvalue weighted by molar-refractivity contribution is 7.91. The van der Waals surface area contributed by atoms with E-state index in [0.29, 0.717) is 29.1 Å². The van der Waals surface area contributed by atoms with E-state index in [1.807, 2.05) is 0 Å². The maximum atomic E-state index is 13.8. The summed E-state index contributed by atoms with van der Waals surface area (Å²) in [6.45, 7) is 0. The number of hydrazone groups is 1. The van der Waals surface area contributed by atoms with Gasteiger partial charge >= 0.3 is 5.97 Å². The maximum Gasteiger partial charge on any atom is 0.339 e. The molecule has 0 unspecified atom stereocenters. The summed E-state index contributed by atoms with van der Waals surface area (Å²) in [5.74, 6) is -2.93. The number of rotatable bonds is 9. The van der Waals surface area contributed by atoms with E-state index in [0.717, 1.165) is 23.8 Å². The Morgan fingerprint density at radius 3 is 2.05 bits per heavy atom. The molecule has 0 saturated carbocycles. The van der Waals surface area contributed by atoms with E-state index >= 15 is 0 Å². The number of carboxylic acid groups (broad SMARTS) is 1. The number of nitrogen functional groups attached to an aromatic ring is 1. The maximum absolute atomic E-state index is 13.8. The minimum atomic E-state index is -5.21. The monoisotopic (exact) mass is 846 g/mol. The minimum Gasteiger partial charge on any atom is -0.507 e. The van der Waals surface area contributed by atoms with Crippen molar-refractivity contribution in [2.24, 2.45) is 25.5 Å². The second kappa shape index (κ2) is 15.7. The molecule has 3 aliphatic carbocycles. The molecule has 294 valence electrons. The van der Waals surface area contributed by atoms with E-state index in [2.05, 4.69) is 31.0 Å². The van der Waals surface area contributed by atoms with Gasteiger partial charge in [-0.3, -0.25) is 29.4 Å². The second-order valence-corrected chi connectivity index (χ2v) is 15.1. The van der Waals surface area contributed by atoms with Gasteiger partial charge in [-0.2, -0.15) is 27.0 Å². The predicted molar refractivity (Wildman–Crippen MR) is 211 cm³/mol. The highest BCUT2D eigenvalue weighted by Crippen LogP contribution is 2.41. The Kier molecular flexibility index (Phi) is 11.0. The molecule has 0 saturated heterocycles. The molecule has 3 aromatic rings. The van der Waals surface area contributed by atoms with E-state index in [9.17, 15) is 55.9 Å². The Balaban J connectivity index is 1.28. The molecule has 0 amide bonds. The number of carboxylic acids is 1. The van der Waals surface area contributed by atoms with Crippen LogP contribution in [-0.4, -0.2) is 70.0 Å². The Labute approximate surface area is 331 Å². The van der Waals surface area contributed by atoms with Crippen LogP contribution in [0.1, 0.15) is 26.3 Å².